The van der Waals surface area contributed by atoms with Crippen LogP contribution < -0.4 is 10.6 Å². The van der Waals surface area contributed by atoms with Crippen LogP contribution >= 0.6 is 12.2 Å². The quantitative estimate of drug-likeness (QED) is 0.313. The van der Waals surface area contributed by atoms with Gasteiger partial charge in [-0.15, -0.1) is 10.2 Å². The van der Waals surface area contributed by atoms with Crippen molar-refractivity contribution in [1.29, 1.82) is 0 Å². The minimum Gasteiger partial charge on any atom is -0.451 e. The predicted octanol–water partition coefficient (Wildman–Crippen LogP) is 5.64. The molecule has 0 aliphatic heterocycles. The Bertz CT molecular complexity index is 1450. The zero-order chi connectivity index (χ0) is 23.5. The fraction of sp³-hybridized carbons (Fsp3) is 0.154. The highest BCUT2D eigenvalue weighted by Crippen LogP contribution is 2.20. The average molecular weight is 470 g/mol. The molecule has 2 aromatic heterocycles. The van der Waals surface area contributed by atoms with Gasteiger partial charge in [-0.3, -0.25) is 10.1 Å². The van der Waals surface area contributed by atoms with Gasteiger partial charge in [0.25, 0.3) is 5.91 Å². The number of unbranched alkanes of at least 4 members (excludes halogenated alkanes) is 1. The second-order valence-electron chi connectivity index (χ2n) is 8.02. The molecular formula is C26H23N5O2S. The monoisotopic (exact) mass is 469 g/mol. The molecule has 5 rings (SSSR count). The number of amides is 1. The average Bonchev–Trinajstić information content (AvgIpc) is 3.47. The number of thiocarbonyl (C=S) groups is 1. The van der Waals surface area contributed by atoms with Crippen LogP contribution in [0.2, 0.25) is 0 Å². The Hall–Kier alpha value is -4.04. The van der Waals surface area contributed by atoms with Crippen LogP contribution in [0.15, 0.2) is 77.2 Å². The van der Waals surface area contributed by atoms with Crippen molar-refractivity contribution in [2.24, 2.45) is 0 Å². The summed E-state index contributed by atoms with van der Waals surface area (Å²) in [6.07, 6.45) is 3.43. The van der Waals surface area contributed by atoms with E-state index in [0.717, 1.165) is 23.0 Å². The number of furan rings is 1. The number of hydrogen-bond acceptors (Lipinski definition) is 5. The number of anilines is 1. The van der Waals surface area contributed by atoms with Crippen LogP contribution in [0.1, 0.15) is 35.9 Å². The van der Waals surface area contributed by atoms with Gasteiger partial charge < -0.3 is 9.73 Å². The van der Waals surface area contributed by atoms with Crippen LogP contribution in [0, 0.1) is 0 Å². The lowest BCUT2D eigenvalue weighted by Crippen LogP contribution is -2.33. The van der Waals surface area contributed by atoms with E-state index in [2.05, 4.69) is 39.9 Å². The maximum absolute atomic E-state index is 12.5. The van der Waals surface area contributed by atoms with Gasteiger partial charge in [-0.05, 0) is 73.1 Å². The maximum Gasteiger partial charge on any atom is 0.293 e. The molecule has 0 unspecified atom stereocenters. The molecule has 0 bridgehead atoms. The van der Waals surface area contributed by atoms with E-state index in [0.29, 0.717) is 16.8 Å². The smallest absolute Gasteiger partial charge is 0.293 e. The summed E-state index contributed by atoms with van der Waals surface area (Å²) in [4.78, 5) is 14.1. The highest BCUT2D eigenvalue weighted by molar-refractivity contribution is 7.80. The van der Waals surface area contributed by atoms with Gasteiger partial charge in [0.15, 0.2) is 10.9 Å². The summed E-state index contributed by atoms with van der Waals surface area (Å²) in [5.41, 5.74) is 5.04. The van der Waals surface area contributed by atoms with E-state index >= 15 is 0 Å². The topological polar surface area (TPSA) is 85.0 Å². The first-order chi connectivity index (χ1) is 16.6. The van der Waals surface area contributed by atoms with Gasteiger partial charge in [0.05, 0.1) is 5.69 Å². The lowest BCUT2D eigenvalue weighted by atomic mass is 10.1. The molecule has 7 nitrogen and oxygen atoms in total. The summed E-state index contributed by atoms with van der Waals surface area (Å²) in [6, 6.07) is 23.0. The summed E-state index contributed by atoms with van der Waals surface area (Å²) in [7, 11) is 0. The molecule has 0 spiro atoms. The van der Waals surface area contributed by atoms with Crippen molar-refractivity contribution in [3.05, 3.63) is 84.1 Å². The van der Waals surface area contributed by atoms with E-state index in [-0.39, 0.29) is 10.9 Å². The fourth-order valence-corrected chi connectivity index (χ4v) is 3.92. The first kappa shape index (κ1) is 21.8. The number of aromatic nitrogens is 3. The summed E-state index contributed by atoms with van der Waals surface area (Å²) in [5, 5.41) is 15.9. The number of benzene rings is 3. The molecule has 170 valence electrons. The number of nitrogens with zero attached hydrogens (tertiary/aromatic N) is 3. The molecule has 2 heterocycles. The number of para-hydroxylation sites is 1. The molecule has 0 saturated heterocycles. The van der Waals surface area contributed by atoms with Gasteiger partial charge in [-0.2, -0.15) is 4.80 Å². The molecule has 1 amide bonds. The Balaban J connectivity index is 1.26. The molecule has 2 N–H and O–H groups in total. The van der Waals surface area contributed by atoms with Crippen LogP contribution in [0.4, 0.5) is 5.69 Å². The SMILES string of the molecule is CCCCc1ccc(-n2nc3ccc(NC(=S)NC(=O)c4cc5ccccc5o4)cc3n2)cc1. The number of carbonyl (C=O) groups excluding carboxylic acids is 1. The highest BCUT2D eigenvalue weighted by atomic mass is 32.1. The lowest BCUT2D eigenvalue weighted by Gasteiger charge is -2.08. The number of nitrogens with one attached hydrogen (secondary N) is 2. The van der Waals surface area contributed by atoms with Gasteiger partial charge in [0, 0.05) is 11.1 Å². The Labute approximate surface area is 201 Å². The van der Waals surface area contributed by atoms with Gasteiger partial charge in [0.1, 0.15) is 16.6 Å². The van der Waals surface area contributed by atoms with Crippen molar-refractivity contribution in [3.8, 4) is 5.69 Å². The van der Waals surface area contributed by atoms with Crippen molar-refractivity contribution < 1.29 is 9.21 Å². The lowest BCUT2D eigenvalue weighted by molar-refractivity contribution is 0.0953. The number of hydrogen-bond donors (Lipinski definition) is 2. The fourth-order valence-electron chi connectivity index (χ4n) is 3.71. The van der Waals surface area contributed by atoms with E-state index in [9.17, 15) is 4.79 Å². The van der Waals surface area contributed by atoms with Gasteiger partial charge in [-0.25, -0.2) is 0 Å². The number of rotatable bonds is 6. The van der Waals surface area contributed by atoms with E-state index in [4.69, 9.17) is 16.6 Å². The molecule has 0 aliphatic rings. The number of fused-ring (bicyclic) bond motifs is 2. The highest BCUT2D eigenvalue weighted by Gasteiger charge is 2.14. The van der Waals surface area contributed by atoms with Gasteiger partial charge in [0.2, 0.25) is 0 Å². The van der Waals surface area contributed by atoms with E-state index in [1.807, 2.05) is 54.6 Å². The summed E-state index contributed by atoms with van der Waals surface area (Å²) in [5.74, 6) is -0.215. The Morgan fingerprint density at radius 1 is 1.00 bits per heavy atom. The molecule has 0 radical (unpaired) electrons. The molecule has 5 aromatic rings. The second-order valence-corrected chi connectivity index (χ2v) is 8.43. The number of aryl methyl sites for hydroxylation is 1. The van der Waals surface area contributed by atoms with E-state index in [1.165, 1.54) is 18.4 Å². The zero-order valence-electron chi connectivity index (χ0n) is 18.6. The summed E-state index contributed by atoms with van der Waals surface area (Å²) < 4.78 is 5.59. The van der Waals surface area contributed by atoms with Crippen LogP contribution in [0.25, 0.3) is 27.7 Å². The summed E-state index contributed by atoms with van der Waals surface area (Å²) >= 11 is 5.31. The minimum absolute atomic E-state index is 0.167. The van der Waals surface area contributed by atoms with E-state index < -0.39 is 5.91 Å². The third-order valence-corrected chi connectivity index (χ3v) is 5.70. The normalized spacial score (nSPS) is 11.1. The maximum atomic E-state index is 12.5. The van der Waals surface area contributed by atoms with Gasteiger partial charge >= 0.3 is 0 Å². The Kier molecular flexibility index (Phi) is 6.05. The number of carbonyl (C=O) groups is 1. The van der Waals surface area contributed by atoms with Crippen LogP contribution in [-0.2, 0) is 6.42 Å². The molecule has 0 aliphatic carbocycles. The molecule has 8 heteroatoms. The largest absolute Gasteiger partial charge is 0.451 e. The molecule has 0 atom stereocenters. The van der Waals surface area contributed by atoms with Crippen molar-refractivity contribution in [2.75, 3.05) is 5.32 Å². The van der Waals surface area contributed by atoms with Crippen LogP contribution in [0.5, 0.6) is 0 Å². The zero-order valence-corrected chi connectivity index (χ0v) is 19.4. The Morgan fingerprint density at radius 3 is 2.59 bits per heavy atom. The molecule has 0 fully saturated rings. The predicted molar refractivity (Wildman–Crippen MR) is 137 cm³/mol. The molecular weight excluding hydrogens is 446 g/mol. The van der Waals surface area contributed by atoms with E-state index in [1.54, 1.807) is 10.9 Å². The summed E-state index contributed by atoms with van der Waals surface area (Å²) in [6.45, 7) is 2.19. The first-order valence-electron chi connectivity index (χ1n) is 11.2. The molecule has 0 saturated carbocycles. The standard InChI is InChI=1S/C26H23N5O2S/c1-2-3-6-17-9-12-20(13-10-17)31-29-21-14-11-19(16-22(21)30-31)27-26(34)28-25(32)24-15-18-7-4-5-8-23(18)33-24/h4-5,7-16H,2-3,6H2,1H3,(H2,27,28,32,34). The minimum atomic E-state index is -0.414. The van der Waals surface area contributed by atoms with Crippen molar-refractivity contribution in [1.82, 2.24) is 20.3 Å². The third kappa shape index (κ3) is 4.67. The van der Waals surface area contributed by atoms with Crippen molar-refractivity contribution in [3.63, 3.8) is 0 Å². The Morgan fingerprint density at radius 2 is 1.79 bits per heavy atom. The van der Waals surface area contributed by atoms with Crippen molar-refractivity contribution in [2.45, 2.75) is 26.2 Å². The molecule has 34 heavy (non-hydrogen) atoms. The van der Waals surface area contributed by atoms with Crippen LogP contribution in [-0.4, -0.2) is 26.0 Å². The van der Waals surface area contributed by atoms with Crippen LogP contribution in [0.3, 0.4) is 0 Å². The first-order valence-corrected chi connectivity index (χ1v) is 11.6. The molecule has 3 aromatic carbocycles. The third-order valence-electron chi connectivity index (χ3n) is 5.50. The van der Waals surface area contributed by atoms with Crippen molar-refractivity contribution >= 4 is 50.9 Å². The second kappa shape index (κ2) is 9.44. The van der Waals surface area contributed by atoms with Gasteiger partial charge in [-0.1, -0.05) is 43.7 Å².